The van der Waals surface area contributed by atoms with Gasteiger partial charge in [0.2, 0.25) is 11.8 Å². The van der Waals surface area contributed by atoms with Gasteiger partial charge in [0.15, 0.2) is 5.82 Å². The lowest BCUT2D eigenvalue weighted by Crippen LogP contribution is -2.40. The van der Waals surface area contributed by atoms with E-state index in [9.17, 15) is 9.59 Å². The van der Waals surface area contributed by atoms with Crippen LogP contribution in [0.3, 0.4) is 0 Å². The number of carbonyl (C=O) groups is 2. The quantitative estimate of drug-likeness (QED) is 0.360. The zero-order valence-electron chi connectivity index (χ0n) is 22.8. The Morgan fingerprint density at radius 2 is 1.61 bits per heavy atom. The lowest BCUT2D eigenvalue weighted by Gasteiger charge is -2.29. The van der Waals surface area contributed by atoms with E-state index in [-0.39, 0.29) is 23.8 Å². The predicted octanol–water partition coefficient (Wildman–Crippen LogP) is 5.66. The molecule has 1 aromatic heterocycles. The highest BCUT2D eigenvalue weighted by Crippen LogP contribution is 2.33. The van der Waals surface area contributed by atoms with Gasteiger partial charge in [-0.25, -0.2) is 0 Å². The van der Waals surface area contributed by atoms with Gasteiger partial charge in [0, 0.05) is 35.0 Å². The number of nitrogens with two attached hydrogens (primary N) is 1. The van der Waals surface area contributed by atoms with E-state index in [1.165, 1.54) is 0 Å². The highest BCUT2D eigenvalue weighted by molar-refractivity contribution is 5.91. The first kappa shape index (κ1) is 27.5. The maximum Gasteiger partial charge on any atom is 0.225 e. The van der Waals surface area contributed by atoms with Crippen LogP contribution in [0.15, 0.2) is 60.7 Å². The van der Waals surface area contributed by atoms with Crippen LogP contribution in [0.1, 0.15) is 65.4 Å². The summed E-state index contributed by atoms with van der Waals surface area (Å²) in [6.45, 7) is 7.76. The molecule has 3 aromatic rings. The van der Waals surface area contributed by atoms with Crippen molar-refractivity contribution >= 4 is 17.6 Å². The Balaban J connectivity index is 1.46. The molecule has 0 atom stereocenters. The van der Waals surface area contributed by atoms with Crippen molar-refractivity contribution in [3.05, 3.63) is 66.2 Å². The van der Waals surface area contributed by atoms with Gasteiger partial charge in [0.1, 0.15) is 5.69 Å². The van der Waals surface area contributed by atoms with Crippen molar-refractivity contribution in [2.45, 2.75) is 71.4 Å². The number of nitrogens with one attached hydrogen (secondary N) is 2. The lowest BCUT2D eigenvalue weighted by atomic mass is 9.84. The summed E-state index contributed by atoms with van der Waals surface area (Å²) in [4.78, 5) is 24.9. The van der Waals surface area contributed by atoms with E-state index >= 15 is 0 Å². The van der Waals surface area contributed by atoms with E-state index in [2.05, 4.69) is 20.8 Å². The number of nitrogens with zero attached hydrogens (tertiary/aromatic N) is 2. The van der Waals surface area contributed by atoms with E-state index in [0.29, 0.717) is 18.2 Å². The largest absolute Gasteiger partial charge is 0.353 e. The molecule has 1 aliphatic rings. The van der Waals surface area contributed by atoms with Crippen LogP contribution in [-0.4, -0.2) is 28.1 Å². The Morgan fingerprint density at radius 1 is 0.947 bits per heavy atom. The molecule has 200 valence electrons. The van der Waals surface area contributed by atoms with Crippen LogP contribution in [0.4, 0.5) is 5.82 Å². The fraction of sp³-hybridized carbons (Fsp3) is 0.419. The van der Waals surface area contributed by atoms with Gasteiger partial charge < -0.3 is 16.4 Å². The van der Waals surface area contributed by atoms with Crippen molar-refractivity contribution in [1.29, 1.82) is 0 Å². The van der Waals surface area contributed by atoms with Crippen molar-refractivity contribution < 1.29 is 9.59 Å². The Labute approximate surface area is 225 Å². The molecule has 0 aliphatic heterocycles. The molecule has 38 heavy (non-hydrogen) atoms. The number of hydrogen-bond donors (Lipinski definition) is 3. The summed E-state index contributed by atoms with van der Waals surface area (Å²) in [5.41, 5.74) is 10.4. The highest BCUT2D eigenvalue weighted by Gasteiger charge is 2.25. The lowest BCUT2D eigenvalue weighted by molar-refractivity contribution is -0.125. The molecular weight excluding hydrogens is 474 g/mol. The molecule has 2 amide bonds. The van der Waals surface area contributed by atoms with E-state index in [4.69, 9.17) is 5.73 Å². The normalized spacial score (nSPS) is 17.7. The van der Waals surface area contributed by atoms with Crippen LogP contribution in [0.5, 0.6) is 0 Å². The summed E-state index contributed by atoms with van der Waals surface area (Å²) in [6.07, 6.45) is 4.09. The third-order valence-electron chi connectivity index (χ3n) is 7.24. The standard InChI is InChI=1S/C31H39N5O2/c1-20(2)30(38)33-25-16-10-21(11-17-25)18-28(37)34-27-19-26(22-8-6-5-7-9-22)29(36-35-27)23-12-14-24(15-13-23)31(3,4)32/h5-9,12-15,19-21,25H,10-11,16-18,32H2,1-4H3,(H,33,38)(H,34,35,37). The Morgan fingerprint density at radius 3 is 2.21 bits per heavy atom. The Bertz CT molecular complexity index is 1240. The third-order valence-corrected chi connectivity index (χ3v) is 7.24. The van der Waals surface area contributed by atoms with Crippen molar-refractivity contribution in [3.63, 3.8) is 0 Å². The summed E-state index contributed by atoms with van der Waals surface area (Å²) >= 11 is 0. The number of anilines is 1. The summed E-state index contributed by atoms with van der Waals surface area (Å²) in [6, 6.07) is 20.2. The number of amides is 2. The molecule has 4 N–H and O–H groups in total. The average Bonchev–Trinajstić information content (AvgIpc) is 2.90. The van der Waals surface area contributed by atoms with Gasteiger partial charge in [0.25, 0.3) is 0 Å². The van der Waals surface area contributed by atoms with E-state index < -0.39 is 5.54 Å². The molecule has 2 aromatic carbocycles. The van der Waals surface area contributed by atoms with Crippen molar-refractivity contribution in [2.75, 3.05) is 5.32 Å². The SMILES string of the molecule is CC(C)C(=O)NC1CCC(CC(=O)Nc2cc(-c3ccccc3)c(-c3ccc(C(C)(C)N)cc3)nn2)CC1. The van der Waals surface area contributed by atoms with Gasteiger partial charge >= 0.3 is 0 Å². The molecule has 4 rings (SSSR count). The first-order chi connectivity index (χ1) is 18.1. The van der Waals surface area contributed by atoms with Gasteiger partial charge in [-0.1, -0.05) is 68.4 Å². The van der Waals surface area contributed by atoms with Gasteiger partial charge in [0.05, 0.1) is 0 Å². The molecular formula is C31H39N5O2. The smallest absolute Gasteiger partial charge is 0.225 e. The Kier molecular flexibility index (Phi) is 8.57. The minimum absolute atomic E-state index is 0.00997. The van der Waals surface area contributed by atoms with Crippen molar-refractivity contribution in [1.82, 2.24) is 15.5 Å². The second-order valence-electron chi connectivity index (χ2n) is 11.3. The number of aromatic nitrogens is 2. The number of benzene rings is 2. The molecule has 7 nitrogen and oxygen atoms in total. The first-order valence-electron chi connectivity index (χ1n) is 13.5. The van der Waals surface area contributed by atoms with Crippen LogP contribution >= 0.6 is 0 Å². The number of hydrogen-bond acceptors (Lipinski definition) is 5. The molecule has 0 unspecified atom stereocenters. The van der Waals surface area contributed by atoms with Crippen molar-refractivity contribution in [3.8, 4) is 22.4 Å². The van der Waals surface area contributed by atoms with Crippen LogP contribution in [-0.2, 0) is 15.1 Å². The molecule has 0 radical (unpaired) electrons. The molecule has 1 saturated carbocycles. The molecule has 1 aliphatic carbocycles. The van der Waals surface area contributed by atoms with Crippen LogP contribution in [0.25, 0.3) is 22.4 Å². The van der Waals surface area contributed by atoms with Gasteiger partial charge in [-0.05, 0) is 62.6 Å². The molecule has 0 bridgehead atoms. The number of carbonyl (C=O) groups excluding carboxylic acids is 2. The zero-order valence-corrected chi connectivity index (χ0v) is 22.8. The predicted molar refractivity (Wildman–Crippen MR) is 152 cm³/mol. The second kappa shape index (κ2) is 11.9. The maximum atomic E-state index is 12.9. The van der Waals surface area contributed by atoms with E-state index in [0.717, 1.165) is 53.6 Å². The molecule has 1 fully saturated rings. The summed E-state index contributed by atoms with van der Waals surface area (Å²) in [7, 11) is 0. The fourth-order valence-electron chi connectivity index (χ4n) is 4.90. The maximum absolute atomic E-state index is 12.9. The van der Waals surface area contributed by atoms with Crippen LogP contribution in [0.2, 0.25) is 0 Å². The topological polar surface area (TPSA) is 110 Å². The van der Waals surface area contributed by atoms with E-state index in [1.54, 1.807) is 0 Å². The third kappa shape index (κ3) is 7.04. The highest BCUT2D eigenvalue weighted by atomic mass is 16.2. The summed E-state index contributed by atoms with van der Waals surface area (Å²) in [5.74, 6) is 0.768. The minimum atomic E-state index is -0.429. The summed E-state index contributed by atoms with van der Waals surface area (Å²) < 4.78 is 0. The van der Waals surface area contributed by atoms with E-state index in [1.807, 2.05) is 88.4 Å². The Hall–Kier alpha value is -3.58. The monoisotopic (exact) mass is 513 g/mol. The summed E-state index contributed by atoms with van der Waals surface area (Å²) in [5, 5.41) is 15.0. The average molecular weight is 514 g/mol. The first-order valence-corrected chi connectivity index (χ1v) is 13.5. The van der Waals surface area contributed by atoms with Crippen LogP contribution in [0, 0.1) is 11.8 Å². The molecule has 7 heteroatoms. The molecule has 1 heterocycles. The van der Waals surface area contributed by atoms with Crippen LogP contribution < -0.4 is 16.4 Å². The number of rotatable bonds is 8. The van der Waals surface area contributed by atoms with Crippen molar-refractivity contribution in [2.24, 2.45) is 17.6 Å². The minimum Gasteiger partial charge on any atom is -0.353 e. The fourth-order valence-corrected chi connectivity index (χ4v) is 4.90. The van der Waals surface area contributed by atoms with Gasteiger partial charge in [-0.3, -0.25) is 9.59 Å². The van der Waals surface area contributed by atoms with Gasteiger partial charge in [-0.2, -0.15) is 0 Å². The second-order valence-corrected chi connectivity index (χ2v) is 11.3. The molecule has 0 saturated heterocycles. The zero-order chi connectivity index (χ0) is 27.3. The van der Waals surface area contributed by atoms with Gasteiger partial charge in [-0.15, -0.1) is 10.2 Å². The molecule has 0 spiro atoms.